The first-order valence-electron chi connectivity index (χ1n) is 7.65. The van der Waals surface area contributed by atoms with Crippen molar-refractivity contribution in [3.05, 3.63) is 66.0 Å². The largest absolute Gasteiger partial charge is 0.380 e. The maximum absolute atomic E-state index is 5.10. The zero-order valence-electron chi connectivity index (χ0n) is 13.8. The predicted molar refractivity (Wildman–Crippen MR) is 92.1 cm³/mol. The fraction of sp³-hybridized carbons (Fsp3) is 0.211. The molecule has 3 heterocycles. The minimum absolute atomic E-state index is 0.554. The van der Waals surface area contributed by atoms with Gasteiger partial charge >= 0.3 is 0 Å². The summed E-state index contributed by atoms with van der Waals surface area (Å²) in [5.41, 5.74) is 5.36. The van der Waals surface area contributed by atoms with Gasteiger partial charge in [-0.25, -0.2) is 4.98 Å². The number of aromatic nitrogens is 3. The first-order valence-corrected chi connectivity index (χ1v) is 7.65. The van der Waals surface area contributed by atoms with E-state index in [2.05, 4.69) is 15.0 Å². The number of methoxy groups -OCH3 is 2. The van der Waals surface area contributed by atoms with Gasteiger partial charge in [0.2, 0.25) is 0 Å². The van der Waals surface area contributed by atoms with Gasteiger partial charge in [0.15, 0.2) is 0 Å². The first-order chi connectivity index (χ1) is 11.8. The minimum Gasteiger partial charge on any atom is -0.380 e. The lowest BCUT2D eigenvalue weighted by Crippen LogP contribution is -1.95. The van der Waals surface area contributed by atoms with E-state index in [1.807, 2.05) is 54.9 Å². The van der Waals surface area contributed by atoms with E-state index in [0.717, 1.165) is 33.9 Å². The highest BCUT2D eigenvalue weighted by Crippen LogP contribution is 2.20. The van der Waals surface area contributed by atoms with Crippen LogP contribution in [-0.4, -0.2) is 29.2 Å². The molecular formula is C19H19N3O2. The van der Waals surface area contributed by atoms with Crippen LogP contribution in [0.3, 0.4) is 0 Å². The second-order valence-electron chi connectivity index (χ2n) is 5.38. The van der Waals surface area contributed by atoms with E-state index in [-0.39, 0.29) is 0 Å². The molecule has 24 heavy (non-hydrogen) atoms. The minimum atomic E-state index is 0.554. The Bertz CT molecular complexity index is 722. The van der Waals surface area contributed by atoms with Crippen molar-refractivity contribution in [2.24, 2.45) is 0 Å². The predicted octanol–water partition coefficient (Wildman–Crippen LogP) is 3.50. The molecule has 5 heteroatoms. The topological polar surface area (TPSA) is 57.1 Å². The van der Waals surface area contributed by atoms with Gasteiger partial charge in [-0.15, -0.1) is 0 Å². The van der Waals surface area contributed by atoms with Crippen molar-refractivity contribution in [2.45, 2.75) is 13.2 Å². The van der Waals surface area contributed by atoms with E-state index in [1.54, 1.807) is 14.2 Å². The van der Waals surface area contributed by atoms with Crippen LogP contribution < -0.4 is 0 Å². The molecule has 0 aliphatic carbocycles. The summed E-state index contributed by atoms with van der Waals surface area (Å²) < 4.78 is 10.2. The summed E-state index contributed by atoms with van der Waals surface area (Å²) >= 11 is 0. The molecule has 0 spiro atoms. The lowest BCUT2D eigenvalue weighted by atomic mass is 10.1. The third kappa shape index (κ3) is 3.82. The zero-order valence-corrected chi connectivity index (χ0v) is 13.8. The number of nitrogens with zero attached hydrogens (tertiary/aromatic N) is 3. The molecule has 3 rings (SSSR count). The standard InChI is InChI=1S/C19H19N3O2/c1-23-12-14-6-8-16(20-10-14)18-4-3-5-19(22-18)17-9-7-15(11-21-17)13-24-2/h3-11H,12-13H2,1-2H3. The molecule has 3 aromatic rings. The average molecular weight is 321 g/mol. The Hall–Kier alpha value is -2.63. The van der Waals surface area contributed by atoms with Crippen LogP contribution in [-0.2, 0) is 22.7 Å². The van der Waals surface area contributed by atoms with Gasteiger partial charge in [0.25, 0.3) is 0 Å². The number of hydrogen-bond acceptors (Lipinski definition) is 5. The van der Waals surface area contributed by atoms with Gasteiger partial charge in [-0.1, -0.05) is 18.2 Å². The van der Waals surface area contributed by atoms with Gasteiger partial charge in [-0.3, -0.25) is 9.97 Å². The second kappa shape index (κ2) is 7.77. The Kier molecular flexibility index (Phi) is 5.25. The summed E-state index contributed by atoms with van der Waals surface area (Å²) in [7, 11) is 3.34. The Balaban J connectivity index is 1.85. The molecule has 0 saturated carbocycles. The number of rotatable bonds is 6. The van der Waals surface area contributed by atoms with Crippen LogP contribution in [0.2, 0.25) is 0 Å². The second-order valence-corrected chi connectivity index (χ2v) is 5.38. The fourth-order valence-electron chi connectivity index (χ4n) is 2.38. The molecule has 0 N–H and O–H groups in total. The SMILES string of the molecule is COCc1ccc(-c2cccc(-c3ccc(COC)cn3)n2)nc1. The van der Waals surface area contributed by atoms with Crippen molar-refractivity contribution in [2.75, 3.05) is 14.2 Å². The van der Waals surface area contributed by atoms with Crippen LogP contribution in [0.15, 0.2) is 54.9 Å². The first kappa shape index (κ1) is 16.2. The van der Waals surface area contributed by atoms with Crippen LogP contribution in [0.5, 0.6) is 0 Å². The van der Waals surface area contributed by atoms with Crippen molar-refractivity contribution in [3.63, 3.8) is 0 Å². The molecule has 0 unspecified atom stereocenters. The summed E-state index contributed by atoms with van der Waals surface area (Å²) in [5, 5.41) is 0. The van der Waals surface area contributed by atoms with Crippen molar-refractivity contribution in [3.8, 4) is 22.8 Å². The lowest BCUT2D eigenvalue weighted by molar-refractivity contribution is 0.184. The zero-order chi connectivity index (χ0) is 16.8. The van der Waals surface area contributed by atoms with Crippen molar-refractivity contribution in [1.29, 1.82) is 0 Å². The fourth-order valence-corrected chi connectivity index (χ4v) is 2.38. The highest BCUT2D eigenvalue weighted by atomic mass is 16.5. The highest BCUT2D eigenvalue weighted by Gasteiger charge is 2.06. The maximum atomic E-state index is 5.10. The molecule has 0 saturated heterocycles. The third-order valence-corrected chi connectivity index (χ3v) is 3.55. The molecule has 0 aromatic carbocycles. The molecule has 122 valence electrons. The summed E-state index contributed by atoms with van der Waals surface area (Å²) in [6.07, 6.45) is 3.62. The lowest BCUT2D eigenvalue weighted by Gasteiger charge is -2.06. The molecule has 0 fully saturated rings. The Morgan fingerprint density at radius 3 is 1.54 bits per heavy atom. The van der Waals surface area contributed by atoms with Crippen LogP contribution in [0, 0.1) is 0 Å². The monoisotopic (exact) mass is 321 g/mol. The molecule has 5 nitrogen and oxygen atoms in total. The van der Waals surface area contributed by atoms with Crippen LogP contribution in [0.1, 0.15) is 11.1 Å². The van der Waals surface area contributed by atoms with E-state index < -0.39 is 0 Å². The molecule has 0 atom stereocenters. The van der Waals surface area contributed by atoms with E-state index in [1.165, 1.54) is 0 Å². The smallest absolute Gasteiger partial charge is 0.0894 e. The normalized spacial score (nSPS) is 10.8. The van der Waals surface area contributed by atoms with E-state index in [0.29, 0.717) is 13.2 Å². The van der Waals surface area contributed by atoms with E-state index in [4.69, 9.17) is 9.47 Å². The Labute approximate surface area is 141 Å². The van der Waals surface area contributed by atoms with Crippen molar-refractivity contribution in [1.82, 2.24) is 15.0 Å². The molecule has 0 bridgehead atoms. The van der Waals surface area contributed by atoms with Crippen molar-refractivity contribution >= 4 is 0 Å². The van der Waals surface area contributed by atoms with Gasteiger partial charge in [0, 0.05) is 26.6 Å². The molecule has 3 aromatic heterocycles. The Morgan fingerprint density at radius 2 is 1.17 bits per heavy atom. The molecule has 0 amide bonds. The van der Waals surface area contributed by atoms with E-state index in [9.17, 15) is 0 Å². The quantitative estimate of drug-likeness (QED) is 0.695. The van der Waals surface area contributed by atoms with Gasteiger partial charge in [-0.05, 0) is 35.4 Å². The number of pyridine rings is 3. The molecule has 0 aliphatic rings. The van der Waals surface area contributed by atoms with Gasteiger partial charge < -0.3 is 9.47 Å². The molecular weight excluding hydrogens is 302 g/mol. The molecule has 0 radical (unpaired) electrons. The van der Waals surface area contributed by atoms with Crippen LogP contribution >= 0.6 is 0 Å². The van der Waals surface area contributed by atoms with E-state index >= 15 is 0 Å². The van der Waals surface area contributed by atoms with Crippen molar-refractivity contribution < 1.29 is 9.47 Å². The number of hydrogen-bond donors (Lipinski definition) is 0. The van der Waals surface area contributed by atoms with Gasteiger partial charge in [0.1, 0.15) is 0 Å². The summed E-state index contributed by atoms with van der Waals surface area (Å²) in [4.78, 5) is 13.6. The molecule has 0 aliphatic heterocycles. The number of ether oxygens (including phenoxy) is 2. The Morgan fingerprint density at radius 1 is 0.667 bits per heavy atom. The summed E-state index contributed by atoms with van der Waals surface area (Å²) in [6, 6.07) is 13.8. The summed E-state index contributed by atoms with van der Waals surface area (Å²) in [5.74, 6) is 0. The summed E-state index contributed by atoms with van der Waals surface area (Å²) in [6.45, 7) is 1.11. The van der Waals surface area contributed by atoms with Gasteiger partial charge in [-0.2, -0.15) is 0 Å². The third-order valence-electron chi connectivity index (χ3n) is 3.55. The highest BCUT2D eigenvalue weighted by molar-refractivity contribution is 5.61. The van der Waals surface area contributed by atoms with Gasteiger partial charge in [0.05, 0.1) is 36.0 Å². The van der Waals surface area contributed by atoms with Crippen LogP contribution in [0.25, 0.3) is 22.8 Å². The van der Waals surface area contributed by atoms with Crippen LogP contribution in [0.4, 0.5) is 0 Å². The maximum Gasteiger partial charge on any atom is 0.0894 e. The average Bonchev–Trinajstić information content (AvgIpc) is 2.64.